The first kappa shape index (κ1) is 22.3. The summed E-state index contributed by atoms with van der Waals surface area (Å²) in [7, 11) is 0. The number of nitrogens with one attached hydrogen (secondary N) is 2. The molecule has 0 radical (unpaired) electrons. The van der Waals surface area contributed by atoms with Gasteiger partial charge in [0.05, 0.1) is 12.0 Å². The molecule has 2 aromatic rings. The van der Waals surface area contributed by atoms with E-state index in [0.717, 1.165) is 30.5 Å². The number of carbonyl (C=O) groups is 2. The van der Waals surface area contributed by atoms with Crippen molar-refractivity contribution in [3.8, 4) is 0 Å². The fourth-order valence-electron chi connectivity index (χ4n) is 4.54. The number of benzene rings is 2. The summed E-state index contributed by atoms with van der Waals surface area (Å²) < 4.78 is 0. The van der Waals surface area contributed by atoms with Crippen LogP contribution in [0.5, 0.6) is 0 Å². The van der Waals surface area contributed by atoms with Crippen molar-refractivity contribution in [2.45, 2.75) is 44.3 Å². The second kappa shape index (κ2) is 10.6. The van der Waals surface area contributed by atoms with Crippen LogP contribution in [0.15, 0.2) is 60.7 Å². The van der Waals surface area contributed by atoms with Crippen LogP contribution in [0.2, 0.25) is 0 Å². The molecule has 2 N–H and O–H groups in total. The minimum atomic E-state index is -0.241. The maximum absolute atomic E-state index is 13.2. The number of likely N-dealkylation sites (tertiary alicyclic amines) is 1. The number of halogens is 1. The quantitative estimate of drug-likeness (QED) is 0.742. The Hall–Kier alpha value is -2.37. The number of hydrogen-bond donors (Lipinski definition) is 2. The van der Waals surface area contributed by atoms with Crippen molar-refractivity contribution in [3.63, 3.8) is 0 Å². The third kappa shape index (κ3) is 5.21. The summed E-state index contributed by atoms with van der Waals surface area (Å²) >= 11 is 0. The number of nitrogens with zero attached hydrogens (tertiary/aromatic N) is 1. The molecule has 160 valence electrons. The van der Waals surface area contributed by atoms with Crippen LogP contribution in [0.25, 0.3) is 0 Å². The van der Waals surface area contributed by atoms with Crippen LogP contribution in [0.4, 0.5) is 0 Å². The van der Waals surface area contributed by atoms with Crippen molar-refractivity contribution in [3.05, 3.63) is 71.8 Å². The van der Waals surface area contributed by atoms with E-state index in [2.05, 4.69) is 10.6 Å². The van der Waals surface area contributed by atoms with E-state index in [1.165, 1.54) is 0 Å². The molecule has 2 aromatic carbocycles. The van der Waals surface area contributed by atoms with Gasteiger partial charge in [-0.05, 0) is 36.9 Å². The molecular formula is C24H30ClN3O2. The molecule has 0 aromatic heterocycles. The lowest BCUT2D eigenvalue weighted by atomic mass is 9.83. The van der Waals surface area contributed by atoms with Gasteiger partial charge in [-0.1, -0.05) is 60.7 Å². The van der Waals surface area contributed by atoms with Gasteiger partial charge in [0, 0.05) is 25.6 Å². The lowest BCUT2D eigenvalue weighted by Gasteiger charge is -2.41. The second-order valence-corrected chi connectivity index (χ2v) is 8.05. The molecule has 0 spiro atoms. The molecule has 4 rings (SSSR count). The minimum absolute atomic E-state index is 0. The van der Waals surface area contributed by atoms with Crippen molar-refractivity contribution in [2.24, 2.45) is 5.92 Å². The normalized spacial score (nSPS) is 23.7. The Bertz CT molecular complexity index is 825. The maximum Gasteiger partial charge on any atom is 0.225 e. The zero-order chi connectivity index (χ0) is 20.1. The first-order valence-electron chi connectivity index (χ1n) is 10.6. The molecule has 2 fully saturated rings. The van der Waals surface area contributed by atoms with Crippen LogP contribution in [-0.4, -0.2) is 35.8 Å². The summed E-state index contributed by atoms with van der Waals surface area (Å²) in [5.41, 5.74) is 2.11. The summed E-state index contributed by atoms with van der Waals surface area (Å²) in [5, 5.41) is 6.58. The van der Waals surface area contributed by atoms with Gasteiger partial charge in [0.2, 0.25) is 11.8 Å². The predicted molar refractivity (Wildman–Crippen MR) is 120 cm³/mol. The maximum atomic E-state index is 13.2. The number of amides is 2. The Morgan fingerprint density at radius 3 is 2.40 bits per heavy atom. The average molecular weight is 428 g/mol. The number of piperidine rings is 1. The van der Waals surface area contributed by atoms with E-state index in [4.69, 9.17) is 0 Å². The van der Waals surface area contributed by atoms with Gasteiger partial charge in [-0.15, -0.1) is 12.4 Å². The molecule has 2 saturated heterocycles. The van der Waals surface area contributed by atoms with E-state index in [-0.39, 0.29) is 36.2 Å². The van der Waals surface area contributed by atoms with Crippen molar-refractivity contribution in [2.75, 3.05) is 13.1 Å². The molecule has 5 nitrogen and oxygen atoms in total. The highest BCUT2D eigenvalue weighted by Gasteiger charge is 2.40. The van der Waals surface area contributed by atoms with Crippen LogP contribution >= 0.6 is 12.4 Å². The molecular weight excluding hydrogens is 398 g/mol. The molecule has 2 aliphatic rings. The summed E-state index contributed by atoms with van der Waals surface area (Å²) in [6.07, 6.45) is 3.27. The van der Waals surface area contributed by atoms with Gasteiger partial charge in [0.15, 0.2) is 0 Å². The summed E-state index contributed by atoms with van der Waals surface area (Å²) in [4.78, 5) is 28.0. The fourth-order valence-corrected chi connectivity index (χ4v) is 4.54. The Balaban J connectivity index is 0.00000256. The largest absolute Gasteiger partial charge is 0.354 e. The van der Waals surface area contributed by atoms with Crippen molar-refractivity contribution in [1.29, 1.82) is 0 Å². The Morgan fingerprint density at radius 2 is 1.73 bits per heavy atom. The molecule has 0 bridgehead atoms. The van der Waals surface area contributed by atoms with E-state index in [1.807, 2.05) is 65.6 Å². The fraction of sp³-hybridized carbons (Fsp3) is 0.417. The van der Waals surface area contributed by atoms with Crippen molar-refractivity contribution in [1.82, 2.24) is 15.5 Å². The summed E-state index contributed by atoms with van der Waals surface area (Å²) in [5.74, 6) is -0.0671. The zero-order valence-electron chi connectivity index (χ0n) is 17.1. The average Bonchev–Trinajstić information content (AvgIpc) is 3.28. The molecule has 3 atom stereocenters. The highest BCUT2D eigenvalue weighted by Crippen LogP contribution is 2.38. The van der Waals surface area contributed by atoms with E-state index < -0.39 is 0 Å². The van der Waals surface area contributed by atoms with Gasteiger partial charge in [-0.2, -0.15) is 0 Å². The van der Waals surface area contributed by atoms with Gasteiger partial charge in [0.25, 0.3) is 0 Å². The van der Waals surface area contributed by atoms with Crippen LogP contribution in [-0.2, 0) is 16.1 Å². The molecule has 2 heterocycles. The minimum Gasteiger partial charge on any atom is -0.354 e. The van der Waals surface area contributed by atoms with Crippen molar-refractivity contribution >= 4 is 24.2 Å². The lowest BCUT2D eigenvalue weighted by molar-refractivity contribution is -0.144. The standard InChI is InChI=1S/C24H29N3O2.ClH/c28-22-14-13-21(24(29)26-16-20-12-7-15-25-20)23(19-10-5-2-6-11-19)27(22)17-18-8-3-1-4-9-18;/h1-6,8-11,20-21,23,25H,7,12-17H2,(H,26,29);1H. The number of hydrogen-bond acceptors (Lipinski definition) is 3. The summed E-state index contributed by atoms with van der Waals surface area (Å²) in [6, 6.07) is 20.1. The highest BCUT2D eigenvalue weighted by atomic mass is 35.5. The SMILES string of the molecule is Cl.O=C(NCC1CCCN1)C1CCC(=O)N(Cc2ccccc2)C1c1ccccc1. The van der Waals surface area contributed by atoms with Gasteiger partial charge < -0.3 is 15.5 Å². The third-order valence-electron chi connectivity index (χ3n) is 6.07. The van der Waals surface area contributed by atoms with Crippen molar-refractivity contribution < 1.29 is 9.59 Å². The molecule has 3 unspecified atom stereocenters. The molecule has 2 amide bonds. The lowest BCUT2D eigenvalue weighted by Crippen LogP contribution is -2.49. The first-order valence-corrected chi connectivity index (χ1v) is 10.6. The molecule has 0 aliphatic carbocycles. The van der Waals surface area contributed by atoms with Gasteiger partial charge in [0.1, 0.15) is 0 Å². The molecule has 30 heavy (non-hydrogen) atoms. The third-order valence-corrected chi connectivity index (χ3v) is 6.07. The number of rotatable bonds is 6. The van der Waals surface area contributed by atoms with Gasteiger partial charge >= 0.3 is 0 Å². The number of carbonyl (C=O) groups excluding carboxylic acids is 2. The Kier molecular flexibility index (Phi) is 7.88. The first-order chi connectivity index (χ1) is 14.2. The Morgan fingerprint density at radius 1 is 1.03 bits per heavy atom. The predicted octanol–water partition coefficient (Wildman–Crippen LogP) is 3.46. The zero-order valence-corrected chi connectivity index (χ0v) is 17.9. The van der Waals surface area contributed by atoms with E-state index in [0.29, 0.717) is 32.0 Å². The Labute approximate surface area is 184 Å². The molecule has 2 aliphatic heterocycles. The van der Waals surface area contributed by atoms with Gasteiger partial charge in [-0.25, -0.2) is 0 Å². The summed E-state index contributed by atoms with van der Waals surface area (Å²) in [6.45, 7) is 2.20. The van der Waals surface area contributed by atoms with Gasteiger partial charge in [-0.3, -0.25) is 9.59 Å². The molecule has 0 saturated carbocycles. The van der Waals surface area contributed by atoms with Crippen LogP contribution in [0.1, 0.15) is 42.9 Å². The smallest absolute Gasteiger partial charge is 0.225 e. The van der Waals surface area contributed by atoms with Crippen LogP contribution < -0.4 is 10.6 Å². The monoisotopic (exact) mass is 427 g/mol. The highest BCUT2D eigenvalue weighted by molar-refractivity contribution is 5.85. The van der Waals surface area contributed by atoms with E-state index in [1.54, 1.807) is 0 Å². The van der Waals surface area contributed by atoms with Crippen LogP contribution in [0.3, 0.4) is 0 Å². The van der Waals surface area contributed by atoms with Crippen LogP contribution in [0, 0.1) is 5.92 Å². The van der Waals surface area contributed by atoms with E-state index in [9.17, 15) is 9.59 Å². The van der Waals surface area contributed by atoms with E-state index >= 15 is 0 Å². The molecule has 6 heteroatoms. The second-order valence-electron chi connectivity index (χ2n) is 8.05. The topological polar surface area (TPSA) is 61.4 Å².